The number of terminal acetylenes is 1. The zero-order chi connectivity index (χ0) is 8.27. The Morgan fingerprint density at radius 1 is 1.27 bits per heavy atom. The average Bonchev–Trinajstić information content (AvgIpc) is 2.04. The third kappa shape index (κ3) is 1.72. The zero-order valence-electron chi connectivity index (χ0n) is 6.96. The molecule has 0 saturated heterocycles. The first-order chi connectivity index (χ1) is 5.25. The van der Waals surface area contributed by atoms with Gasteiger partial charge in [-0.3, -0.25) is 0 Å². The lowest BCUT2D eigenvalue weighted by Gasteiger charge is -2.05. The van der Waals surface area contributed by atoms with Crippen molar-refractivity contribution in [1.82, 2.24) is 0 Å². The van der Waals surface area contributed by atoms with Gasteiger partial charge in [0.15, 0.2) is 0 Å². The molecule has 0 aliphatic carbocycles. The summed E-state index contributed by atoms with van der Waals surface area (Å²) < 4.78 is 0. The first kappa shape index (κ1) is 8.10. The van der Waals surface area contributed by atoms with Crippen LogP contribution in [0.2, 0.25) is 13.1 Å². The second-order valence-electron chi connectivity index (χ2n) is 2.89. The maximum atomic E-state index is 5.36. The van der Waals surface area contributed by atoms with Crippen molar-refractivity contribution in [3.05, 3.63) is 29.8 Å². The topological polar surface area (TPSA) is 0 Å². The van der Waals surface area contributed by atoms with Gasteiger partial charge in [-0.1, -0.05) is 37.2 Å². The highest BCUT2D eigenvalue weighted by Gasteiger charge is 2.03. The van der Waals surface area contributed by atoms with Crippen LogP contribution in [0.3, 0.4) is 0 Å². The fourth-order valence-electron chi connectivity index (χ4n) is 1.13. The summed E-state index contributed by atoms with van der Waals surface area (Å²) in [6.45, 7) is 4.58. The molecule has 1 aromatic rings. The first-order valence-electron chi connectivity index (χ1n) is 3.81. The van der Waals surface area contributed by atoms with E-state index in [1.165, 1.54) is 5.19 Å². The average molecular weight is 160 g/mol. The Bertz CT molecular complexity index is 281. The van der Waals surface area contributed by atoms with Gasteiger partial charge in [0.2, 0.25) is 0 Å². The van der Waals surface area contributed by atoms with E-state index in [9.17, 15) is 0 Å². The molecule has 0 heterocycles. The molecule has 0 nitrogen and oxygen atoms in total. The van der Waals surface area contributed by atoms with E-state index in [1.807, 2.05) is 12.1 Å². The van der Waals surface area contributed by atoms with Gasteiger partial charge in [0.25, 0.3) is 0 Å². The molecular formula is C10H12Si. The molecule has 1 heteroatoms. The van der Waals surface area contributed by atoms with Gasteiger partial charge in [0.1, 0.15) is 0 Å². The van der Waals surface area contributed by atoms with Crippen LogP contribution in [-0.4, -0.2) is 8.80 Å². The van der Waals surface area contributed by atoms with E-state index < -0.39 is 8.80 Å². The van der Waals surface area contributed by atoms with Gasteiger partial charge in [0.05, 0.1) is 8.80 Å². The lowest BCUT2D eigenvalue weighted by Crippen LogP contribution is -2.25. The van der Waals surface area contributed by atoms with E-state index in [4.69, 9.17) is 6.42 Å². The molecule has 56 valence electrons. The fourth-order valence-corrected chi connectivity index (χ4v) is 2.43. The van der Waals surface area contributed by atoms with Crippen LogP contribution in [0.1, 0.15) is 5.56 Å². The van der Waals surface area contributed by atoms with Crippen LogP contribution in [0.25, 0.3) is 0 Å². The lowest BCUT2D eigenvalue weighted by molar-refractivity contribution is 1.68. The number of hydrogen-bond acceptors (Lipinski definition) is 0. The van der Waals surface area contributed by atoms with E-state index in [1.54, 1.807) is 0 Å². The van der Waals surface area contributed by atoms with Gasteiger partial charge in [0, 0.05) is 5.56 Å². The summed E-state index contributed by atoms with van der Waals surface area (Å²) in [5.41, 5.74) is 1.08. The summed E-state index contributed by atoms with van der Waals surface area (Å²) in [5.74, 6) is 2.71. The van der Waals surface area contributed by atoms with Crippen LogP contribution < -0.4 is 5.19 Å². The highest BCUT2D eigenvalue weighted by atomic mass is 28.3. The summed E-state index contributed by atoms with van der Waals surface area (Å²) in [7, 11) is -0.728. The van der Waals surface area contributed by atoms with Crippen molar-refractivity contribution in [2.24, 2.45) is 0 Å². The van der Waals surface area contributed by atoms with Gasteiger partial charge in [-0.15, -0.1) is 6.42 Å². The van der Waals surface area contributed by atoms with Crippen molar-refractivity contribution >= 4 is 14.0 Å². The van der Waals surface area contributed by atoms with Crippen LogP contribution in [0.4, 0.5) is 0 Å². The maximum Gasteiger partial charge on any atom is 0.0663 e. The van der Waals surface area contributed by atoms with Crippen molar-refractivity contribution in [2.45, 2.75) is 13.1 Å². The van der Waals surface area contributed by atoms with Gasteiger partial charge in [-0.25, -0.2) is 0 Å². The standard InChI is InChI=1S/C10H12Si/c1-4-9-7-5-6-8-10(9)11(2)3/h1,5-8,11H,2-3H3. The smallest absolute Gasteiger partial charge is 0.0663 e. The Labute approximate surface area is 69.9 Å². The molecule has 0 spiro atoms. The van der Waals surface area contributed by atoms with Crippen LogP contribution in [0.5, 0.6) is 0 Å². The summed E-state index contributed by atoms with van der Waals surface area (Å²) in [6.07, 6.45) is 5.36. The molecule has 0 radical (unpaired) electrons. The summed E-state index contributed by atoms with van der Waals surface area (Å²) in [6, 6.07) is 8.22. The molecule has 0 fully saturated rings. The van der Waals surface area contributed by atoms with Crippen molar-refractivity contribution in [3.63, 3.8) is 0 Å². The second kappa shape index (κ2) is 3.41. The van der Waals surface area contributed by atoms with Crippen LogP contribution in [-0.2, 0) is 0 Å². The summed E-state index contributed by atoms with van der Waals surface area (Å²) >= 11 is 0. The van der Waals surface area contributed by atoms with Crippen molar-refractivity contribution in [1.29, 1.82) is 0 Å². The van der Waals surface area contributed by atoms with Crippen LogP contribution >= 0.6 is 0 Å². The molecule has 0 unspecified atom stereocenters. The fraction of sp³-hybridized carbons (Fsp3) is 0.200. The van der Waals surface area contributed by atoms with Crippen molar-refractivity contribution < 1.29 is 0 Å². The predicted octanol–water partition coefficient (Wildman–Crippen LogP) is 1.36. The Hall–Kier alpha value is -1.00. The predicted molar refractivity (Wildman–Crippen MR) is 52.9 cm³/mol. The van der Waals surface area contributed by atoms with E-state index in [0.29, 0.717) is 0 Å². The molecule has 0 aliphatic rings. The van der Waals surface area contributed by atoms with Gasteiger partial charge < -0.3 is 0 Å². The number of rotatable bonds is 1. The van der Waals surface area contributed by atoms with E-state index in [2.05, 4.69) is 31.1 Å². The molecular weight excluding hydrogens is 148 g/mol. The van der Waals surface area contributed by atoms with Gasteiger partial charge in [-0.05, 0) is 11.3 Å². The number of hydrogen-bond donors (Lipinski definition) is 0. The van der Waals surface area contributed by atoms with Gasteiger partial charge in [-0.2, -0.15) is 0 Å². The monoisotopic (exact) mass is 160 g/mol. The third-order valence-electron chi connectivity index (χ3n) is 1.74. The molecule has 0 aliphatic heterocycles. The third-order valence-corrected chi connectivity index (χ3v) is 3.49. The lowest BCUT2D eigenvalue weighted by atomic mass is 10.2. The normalized spacial score (nSPS) is 9.64. The molecule has 0 aromatic heterocycles. The van der Waals surface area contributed by atoms with E-state index in [-0.39, 0.29) is 0 Å². The summed E-state index contributed by atoms with van der Waals surface area (Å²) in [5, 5.41) is 1.40. The molecule has 0 N–H and O–H groups in total. The minimum atomic E-state index is -0.728. The molecule has 0 bridgehead atoms. The first-order valence-corrected chi connectivity index (χ1v) is 6.70. The van der Waals surface area contributed by atoms with E-state index >= 15 is 0 Å². The SMILES string of the molecule is C#Cc1ccccc1[SiH](C)C. The molecule has 0 saturated carbocycles. The highest BCUT2D eigenvalue weighted by molar-refractivity contribution is 6.71. The quantitative estimate of drug-likeness (QED) is 0.430. The maximum absolute atomic E-state index is 5.36. The minimum Gasteiger partial charge on any atom is -0.115 e. The second-order valence-corrected chi connectivity index (χ2v) is 5.82. The van der Waals surface area contributed by atoms with E-state index in [0.717, 1.165) is 5.56 Å². The molecule has 0 amide bonds. The Morgan fingerprint density at radius 3 is 2.36 bits per heavy atom. The largest absolute Gasteiger partial charge is 0.115 e. The molecule has 0 atom stereocenters. The Kier molecular flexibility index (Phi) is 2.51. The van der Waals surface area contributed by atoms with Crippen molar-refractivity contribution in [3.8, 4) is 12.3 Å². The van der Waals surface area contributed by atoms with Crippen molar-refractivity contribution in [2.75, 3.05) is 0 Å². The minimum absolute atomic E-state index is 0.728. The number of benzene rings is 1. The molecule has 1 aromatic carbocycles. The molecule has 1 rings (SSSR count). The van der Waals surface area contributed by atoms with Gasteiger partial charge >= 0.3 is 0 Å². The summed E-state index contributed by atoms with van der Waals surface area (Å²) in [4.78, 5) is 0. The Balaban J connectivity index is 3.15. The Morgan fingerprint density at radius 2 is 1.91 bits per heavy atom. The highest BCUT2D eigenvalue weighted by Crippen LogP contribution is 1.95. The molecule has 11 heavy (non-hydrogen) atoms. The zero-order valence-corrected chi connectivity index (χ0v) is 8.12. The van der Waals surface area contributed by atoms with Crippen LogP contribution in [0, 0.1) is 12.3 Å². The van der Waals surface area contributed by atoms with Crippen LogP contribution in [0.15, 0.2) is 24.3 Å².